The number of aromatic nitrogens is 1. The number of halogens is 1. The molecule has 0 saturated carbocycles. The Kier molecular flexibility index (Phi) is 7.62. The molecule has 3 heteroatoms. The first-order chi connectivity index (χ1) is 21.2. The molecule has 5 aromatic rings. The lowest BCUT2D eigenvalue weighted by Crippen LogP contribution is -2.32. The highest BCUT2D eigenvalue weighted by Gasteiger charge is 2.51. The molecule has 0 N–H and O–H groups in total. The predicted molar refractivity (Wildman–Crippen MR) is 189 cm³/mol. The van der Waals surface area contributed by atoms with Crippen LogP contribution in [0.1, 0.15) is 93.9 Å². The van der Waals surface area contributed by atoms with Crippen LogP contribution < -0.4 is 0 Å². The summed E-state index contributed by atoms with van der Waals surface area (Å²) >= 11 is 3.83. The number of benzene rings is 4. The Labute approximate surface area is 271 Å². The van der Waals surface area contributed by atoms with Gasteiger partial charge in [0.15, 0.2) is 0 Å². The van der Waals surface area contributed by atoms with E-state index in [0.717, 1.165) is 23.9 Å². The van der Waals surface area contributed by atoms with Crippen molar-refractivity contribution in [2.75, 3.05) is 6.61 Å². The largest absolute Gasteiger partial charge is 0.376 e. The maximum absolute atomic E-state index is 6.04. The molecule has 1 aromatic heterocycles. The molecule has 2 nitrogen and oxygen atoms in total. The van der Waals surface area contributed by atoms with Crippen molar-refractivity contribution in [3.8, 4) is 22.4 Å². The zero-order chi connectivity index (χ0) is 30.6. The Morgan fingerprint density at radius 2 is 1.25 bits per heavy atom. The van der Waals surface area contributed by atoms with Gasteiger partial charge in [-0.2, -0.15) is 0 Å². The van der Waals surface area contributed by atoms with Gasteiger partial charge in [0.25, 0.3) is 0 Å². The lowest BCUT2D eigenvalue weighted by molar-refractivity contribution is -0.00481. The smallest absolute Gasteiger partial charge is 0.0598 e. The summed E-state index contributed by atoms with van der Waals surface area (Å²) in [4.78, 5) is 0. The van der Waals surface area contributed by atoms with E-state index < -0.39 is 0 Å². The minimum absolute atomic E-state index is 0.0391. The summed E-state index contributed by atoms with van der Waals surface area (Å²) in [6.07, 6.45) is 5.91. The van der Waals surface area contributed by atoms with Crippen molar-refractivity contribution < 1.29 is 4.74 Å². The molecule has 226 valence electrons. The van der Waals surface area contributed by atoms with Crippen molar-refractivity contribution in [3.05, 3.63) is 118 Å². The number of hydrogen-bond donors (Lipinski definition) is 0. The molecule has 7 rings (SSSR count). The second-order valence-electron chi connectivity index (χ2n) is 14.2. The van der Waals surface area contributed by atoms with Crippen LogP contribution >= 0.6 is 15.9 Å². The quantitative estimate of drug-likeness (QED) is 0.145. The van der Waals surface area contributed by atoms with Crippen LogP contribution in [-0.4, -0.2) is 16.8 Å². The third-order valence-corrected chi connectivity index (χ3v) is 10.8. The van der Waals surface area contributed by atoms with Crippen LogP contribution in [-0.2, 0) is 11.8 Å². The molecule has 0 fully saturated rings. The molecule has 0 spiro atoms. The van der Waals surface area contributed by atoms with Crippen molar-refractivity contribution in [1.29, 1.82) is 0 Å². The molecule has 0 saturated heterocycles. The van der Waals surface area contributed by atoms with Gasteiger partial charge in [0, 0.05) is 46.4 Å². The van der Waals surface area contributed by atoms with Gasteiger partial charge < -0.3 is 9.30 Å². The standard InChI is InChI=1S/C41H44BrNO/c1-40(2,3)44-25-15-7-6-14-24-41(4,37-30-18-10-8-16-28(30)29-17-9-11-19-31(29)37)38-32-20-12-13-21-33(32)39-36(38)34-26-27(42)22-23-35(34)43(39)5/h8-13,16-23,26,37-38H,6-7,14-15,24-25H2,1-5H3. The summed E-state index contributed by atoms with van der Waals surface area (Å²) in [5, 5.41) is 1.38. The monoisotopic (exact) mass is 645 g/mol. The maximum Gasteiger partial charge on any atom is 0.0598 e. The molecule has 2 unspecified atom stereocenters. The Morgan fingerprint density at radius 1 is 0.682 bits per heavy atom. The van der Waals surface area contributed by atoms with Crippen LogP contribution in [0, 0.1) is 5.41 Å². The number of nitrogens with zero attached hydrogens (tertiary/aromatic N) is 1. The SMILES string of the molecule is Cn1c2c(c3cc(Br)ccc31)C(C(C)(CCCCCCOC(C)(C)C)C1c3ccccc3-c3ccccc31)c1ccccc1-2. The van der Waals surface area contributed by atoms with E-state index in [0.29, 0.717) is 5.92 Å². The topological polar surface area (TPSA) is 14.2 Å². The van der Waals surface area contributed by atoms with Crippen LogP contribution in [0.4, 0.5) is 0 Å². The average Bonchev–Trinajstić information content (AvgIpc) is 3.62. The van der Waals surface area contributed by atoms with Gasteiger partial charge in [0.1, 0.15) is 0 Å². The Hall–Kier alpha value is -3.14. The zero-order valence-electron chi connectivity index (χ0n) is 26.8. The van der Waals surface area contributed by atoms with E-state index >= 15 is 0 Å². The molecule has 1 heterocycles. The fraction of sp³-hybridized carbons (Fsp3) is 0.366. The first kappa shape index (κ1) is 29.6. The van der Waals surface area contributed by atoms with Gasteiger partial charge in [0.05, 0.1) is 11.3 Å². The second-order valence-corrected chi connectivity index (χ2v) is 15.2. The van der Waals surface area contributed by atoms with E-state index in [1.807, 2.05) is 0 Å². The van der Waals surface area contributed by atoms with E-state index in [1.54, 1.807) is 0 Å². The van der Waals surface area contributed by atoms with Gasteiger partial charge in [-0.1, -0.05) is 115 Å². The Balaban J connectivity index is 1.36. The van der Waals surface area contributed by atoms with Crippen molar-refractivity contribution in [3.63, 3.8) is 0 Å². The minimum Gasteiger partial charge on any atom is -0.376 e. The van der Waals surface area contributed by atoms with E-state index in [1.165, 1.54) is 74.8 Å². The minimum atomic E-state index is -0.0666. The highest BCUT2D eigenvalue weighted by atomic mass is 79.9. The Morgan fingerprint density at radius 3 is 1.89 bits per heavy atom. The molecule has 2 atom stereocenters. The van der Waals surface area contributed by atoms with Gasteiger partial charge in [-0.3, -0.25) is 0 Å². The lowest BCUT2D eigenvalue weighted by Gasteiger charge is -2.43. The molecule has 0 radical (unpaired) electrons. The Bertz CT molecular complexity index is 1800. The molecule has 2 aliphatic carbocycles. The molecule has 2 aliphatic rings. The number of unbranched alkanes of at least 4 members (excludes halogenated alkanes) is 3. The fourth-order valence-electron chi connectivity index (χ4n) is 8.53. The van der Waals surface area contributed by atoms with Crippen molar-refractivity contribution in [1.82, 2.24) is 4.57 Å². The summed E-state index contributed by atoms with van der Waals surface area (Å²) < 4.78 is 9.63. The zero-order valence-corrected chi connectivity index (χ0v) is 28.4. The number of fused-ring (bicyclic) bond motifs is 8. The van der Waals surface area contributed by atoms with Crippen LogP contribution in [0.3, 0.4) is 0 Å². The summed E-state index contributed by atoms with van der Waals surface area (Å²) in [6.45, 7) is 9.90. The van der Waals surface area contributed by atoms with E-state index in [9.17, 15) is 0 Å². The summed E-state index contributed by atoms with van der Waals surface area (Å²) in [7, 11) is 2.26. The van der Waals surface area contributed by atoms with Crippen molar-refractivity contribution >= 4 is 26.8 Å². The predicted octanol–water partition coefficient (Wildman–Crippen LogP) is 11.6. The molecule has 0 amide bonds. The molecule has 44 heavy (non-hydrogen) atoms. The van der Waals surface area contributed by atoms with Gasteiger partial charge in [-0.15, -0.1) is 0 Å². The fourth-order valence-corrected chi connectivity index (χ4v) is 8.89. The summed E-state index contributed by atoms with van der Waals surface area (Å²) in [5.74, 6) is 0.589. The number of hydrogen-bond acceptors (Lipinski definition) is 1. The first-order valence-electron chi connectivity index (χ1n) is 16.4. The first-order valence-corrected chi connectivity index (χ1v) is 17.2. The molecule has 0 bridgehead atoms. The molecular weight excluding hydrogens is 602 g/mol. The van der Waals surface area contributed by atoms with E-state index in [4.69, 9.17) is 4.74 Å². The lowest BCUT2D eigenvalue weighted by atomic mass is 9.59. The van der Waals surface area contributed by atoms with E-state index in [2.05, 4.69) is 146 Å². The van der Waals surface area contributed by atoms with Gasteiger partial charge in [0.2, 0.25) is 0 Å². The van der Waals surface area contributed by atoms with Crippen LogP contribution in [0.5, 0.6) is 0 Å². The van der Waals surface area contributed by atoms with Crippen LogP contribution in [0.15, 0.2) is 95.5 Å². The van der Waals surface area contributed by atoms with Crippen molar-refractivity contribution in [2.24, 2.45) is 12.5 Å². The summed E-state index contributed by atoms with van der Waals surface area (Å²) in [6, 6.07) is 34.5. The molecule has 0 aliphatic heterocycles. The second kappa shape index (κ2) is 11.3. The van der Waals surface area contributed by atoms with Crippen molar-refractivity contribution in [2.45, 2.75) is 77.2 Å². The number of ether oxygens (including phenoxy) is 1. The maximum atomic E-state index is 6.04. The number of aryl methyl sites for hydroxylation is 1. The van der Waals surface area contributed by atoms with Crippen LogP contribution in [0.25, 0.3) is 33.3 Å². The third-order valence-electron chi connectivity index (χ3n) is 10.3. The highest BCUT2D eigenvalue weighted by molar-refractivity contribution is 9.10. The van der Waals surface area contributed by atoms with Gasteiger partial charge >= 0.3 is 0 Å². The van der Waals surface area contributed by atoms with Gasteiger partial charge in [-0.25, -0.2) is 0 Å². The third kappa shape index (κ3) is 4.88. The number of rotatable bonds is 9. The highest BCUT2D eigenvalue weighted by Crippen LogP contribution is 2.65. The normalized spacial score (nSPS) is 16.9. The average molecular weight is 647 g/mol. The van der Waals surface area contributed by atoms with Crippen LogP contribution in [0.2, 0.25) is 0 Å². The molecule has 4 aromatic carbocycles. The molecular formula is C41H44BrNO. The van der Waals surface area contributed by atoms with Gasteiger partial charge in [-0.05, 0) is 90.6 Å². The summed E-state index contributed by atoms with van der Waals surface area (Å²) in [5.41, 5.74) is 12.8. The van der Waals surface area contributed by atoms with E-state index in [-0.39, 0.29) is 16.9 Å².